The van der Waals surface area contributed by atoms with Crippen LogP contribution in [-0.2, 0) is 0 Å². The zero-order valence-electron chi connectivity index (χ0n) is 12.4. The molecule has 0 saturated carbocycles. The third-order valence-electron chi connectivity index (χ3n) is 3.67. The monoisotopic (exact) mass is 297 g/mol. The van der Waals surface area contributed by atoms with Gasteiger partial charge in [-0.3, -0.25) is 14.9 Å². The Hall–Kier alpha value is -2.18. The molecule has 1 aromatic carbocycles. The van der Waals surface area contributed by atoms with Crippen molar-refractivity contribution in [2.24, 2.45) is 5.92 Å². The smallest absolute Gasteiger partial charge is 0.285 e. The first-order valence-corrected chi connectivity index (χ1v) is 6.86. The molecule has 1 atom stereocenters. The average Bonchev–Trinajstić information content (AvgIpc) is 2.42. The largest absolute Gasteiger partial charge is 0.396 e. The molecule has 0 spiro atoms. The van der Waals surface area contributed by atoms with Gasteiger partial charge in [0.2, 0.25) is 0 Å². The number of hydrogen-bond donors (Lipinski definition) is 2. The van der Waals surface area contributed by atoms with E-state index in [4.69, 9.17) is 5.73 Å². The number of anilines is 1. The van der Waals surface area contributed by atoms with Crippen molar-refractivity contribution >= 4 is 17.3 Å². The zero-order valence-corrected chi connectivity index (χ0v) is 12.4. The Balaban J connectivity index is 3.07. The molecule has 6 nitrogen and oxygen atoms in total. The van der Waals surface area contributed by atoms with Crippen LogP contribution in [-0.4, -0.2) is 16.9 Å². The van der Waals surface area contributed by atoms with Crippen molar-refractivity contribution in [1.82, 2.24) is 5.32 Å². The number of nitrogens with zero attached hydrogens (tertiary/aromatic N) is 1. The lowest BCUT2D eigenvalue weighted by Crippen LogP contribution is -2.38. The molecular weight excluding hydrogens is 277 g/mol. The number of carbonyl (C=O) groups is 1. The van der Waals surface area contributed by atoms with Gasteiger partial charge in [0.15, 0.2) is 5.82 Å². The molecule has 116 valence electrons. The number of nitro groups is 1. The number of nitrogens with one attached hydrogen (secondary N) is 1. The van der Waals surface area contributed by atoms with E-state index in [0.717, 1.165) is 18.9 Å². The molecule has 0 fully saturated rings. The van der Waals surface area contributed by atoms with Crippen LogP contribution in [0.3, 0.4) is 0 Å². The molecule has 1 aromatic rings. The second-order valence-electron chi connectivity index (χ2n) is 4.99. The average molecular weight is 297 g/mol. The number of nitrogens with two attached hydrogens (primary N) is 1. The van der Waals surface area contributed by atoms with Gasteiger partial charge in [-0.1, -0.05) is 26.7 Å². The minimum absolute atomic E-state index is 0.140. The van der Waals surface area contributed by atoms with Gasteiger partial charge in [-0.05, 0) is 18.9 Å². The Morgan fingerprint density at radius 1 is 1.43 bits per heavy atom. The second-order valence-corrected chi connectivity index (χ2v) is 4.99. The summed E-state index contributed by atoms with van der Waals surface area (Å²) in [7, 11) is 0. The summed E-state index contributed by atoms with van der Waals surface area (Å²) in [4.78, 5) is 22.3. The quantitative estimate of drug-likeness (QED) is 0.479. The maximum Gasteiger partial charge on any atom is 0.285 e. The molecule has 0 aliphatic heterocycles. The van der Waals surface area contributed by atoms with Crippen LogP contribution in [0.5, 0.6) is 0 Å². The molecule has 1 amide bonds. The molecule has 0 saturated heterocycles. The molecule has 0 aromatic heterocycles. The fourth-order valence-electron chi connectivity index (χ4n) is 2.31. The summed E-state index contributed by atoms with van der Waals surface area (Å²) in [5, 5.41) is 13.7. The molecule has 1 rings (SSSR count). The van der Waals surface area contributed by atoms with Crippen molar-refractivity contribution in [3.8, 4) is 0 Å². The molecule has 1 unspecified atom stereocenters. The van der Waals surface area contributed by atoms with Gasteiger partial charge in [-0.2, -0.15) is 0 Å². The summed E-state index contributed by atoms with van der Waals surface area (Å²) < 4.78 is 13.3. The normalized spacial score (nSPS) is 12.2. The van der Waals surface area contributed by atoms with Crippen LogP contribution in [0.4, 0.5) is 15.8 Å². The van der Waals surface area contributed by atoms with E-state index in [0.29, 0.717) is 6.07 Å². The Labute approximate surface area is 122 Å². The number of hydrogen-bond acceptors (Lipinski definition) is 4. The fraction of sp³-hybridized carbons (Fsp3) is 0.500. The summed E-state index contributed by atoms with van der Waals surface area (Å²) in [5.41, 5.74) is 4.29. The van der Waals surface area contributed by atoms with Crippen LogP contribution in [0.1, 0.15) is 44.0 Å². The molecule has 0 bridgehead atoms. The standard InChI is InChI=1S/C14H20FN3O3/c1-4-9(5-2)8(3)17-14(19)10-6-12(16)11(15)7-13(10)18(20)21/h6-9H,4-5,16H2,1-3H3,(H,17,19). The maximum atomic E-state index is 13.3. The zero-order chi connectivity index (χ0) is 16.2. The fourth-order valence-corrected chi connectivity index (χ4v) is 2.31. The molecule has 3 N–H and O–H groups in total. The Kier molecular flexibility index (Phi) is 5.63. The first-order valence-electron chi connectivity index (χ1n) is 6.86. The van der Waals surface area contributed by atoms with E-state index in [-0.39, 0.29) is 23.2 Å². The minimum Gasteiger partial charge on any atom is -0.396 e. The van der Waals surface area contributed by atoms with Gasteiger partial charge in [0.1, 0.15) is 5.56 Å². The third-order valence-corrected chi connectivity index (χ3v) is 3.67. The van der Waals surface area contributed by atoms with Gasteiger partial charge in [0.25, 0.3) is 11.6 Å². The van der Waals surface area contributed by atoms with Crippen molar-refractivity contribution in [3.05, 3.63) is 33.6 Å². The van der Waals surface area contributed by atoms with Crippen LogP contribution < -0.4 is 11.1 Å². The van der Waals surface area contributed by atoms with Crippen molar-refractivity contribution in [1.29, 1.82) is 0 Å². The summed E-state index contributed by atoms with van der Waals surface area (Å²) >= 11 is 0. The van der Waals surface area contributed by atoms with Gasteiger partial charge < -0.3 is 11.1 Å². The van der Waals surface area contributed by atoms with E-state index >= 15 is 0 Å². The van der Waals surface area contributed by atoms with Crippen LogP contribution in [0, 0.1) is 21.8 Å². The number of amides is 1. The Morgan fingerprint density at radius 2 is 2.00 bits per heavy atom. The first-order chi connectivity index (χ1) is 9.81. The van der Waals surface area contributed by atoms with E-state index in [2.05, 4.69) is 5.32 Å². The minimum atomic E-state index is -0.911. The first kappa shape index (κ1) is 16.9. The van der Waals surface area contributed by atoms with Crippen molar-refractivity contribution in [2.45, 2.75) is 39.7 Å². The highest BCUT2D eigenvalue weighted by molar-refractivity contribution is 5.99. The second kappa shape index (κ2) is 7.01. The number of nitro benzene ring substituents is 1. The van der Waals surface area contributed by atoms with Crippen LogP contribution in [0.2, 0.25) is 0 Å². The van der Waals surface area contributed by atoms with E-state index < -0.39 is 22.3 Å². The van der Waals surface area contributed by atoms with Gasteiger partial charge in [-0.25, -0.2) is 4.39 Å². The van der Waals surface area contributed by atoms with Crippen molar-refractivity contribution < 1.29 is 14.1 Å². The summed E-state index contributed by atoms with van der Waals surface area (Å²) in [5.74, 6) is -1.26. The number of benzene rings is 1. The number of halogens is 1. The molecular formula is C14H20FN3O3. The highest BCUT2D eigenvalue weighted by Crippen LogP contribution is 2.25. The molecule has 0 radical (unpaired) electrons. The molecule has 0 heterocycles. The van der Waals surface area contributed by atoms with Gasteiger partial charge in [-0.15, -0.1) is 0 Å². The van der Waals surface area contributed by atoms with E-state index in [1.807, 2.05) is 20.8 Å². The molecule has 21 heavy (non-hydrogen) atoms. The lowest BCUT2D eigenvalue weighted by atomic mass is 9.95. The Morgan fingerprint density at radius 3 is 2.48 bits per heavy atom. The number of carbonyl (C=O) groups excluding carboxylic acids is 1. The van der Waals surface area contributed by atoms with Gasteiger partial charge in [0.05, 0.1) is 16.7 Å². The van der Waals surface area contributed by atoms with E-state index in [9.17, 15) is 19.3 Å². The van der Waals surface area contributed by atoms with Crippen LogP contribution in [0.15, 0.2) is 12.1 Å². The van der Waals surface area contributed by atoms with Gasteiger partial charge >= 0.3 is 0 Å². The lowest BCUT2D eigenvalue weighted by Gasteiger charge is -2.22. The number of rotatable bonds is 6. The van der Waals surface area contributed by atoms with E-state index in [1.165, 1.54) is 0 Å². The SMILES string of the molecule is CCC(CC)C(C)NC(=O)c1cc(N)c(F)cc1[N+](=O)[O-]. The Bertz CT molecular complexity index is 545. The predicted octanol–water partition coefficient (Wildman–Crippen LogP) is 2.87. The molecule has 7 heteroatoms. The maximum absolute atomic E-state index is 13.3. The van der Waals surface area contributed by atoms with Crippen LogP contribution >= 0.6 is 0 Å². The predicted molar refractivity (Wildman–Crippen MR) is 78.5 cm³/mol. The van der Waals surface area contributed by atoms with Crippen molar-refractivity contribution in [2.75, 3.05) is 5.73 Å². The van der Waals surface area contributed by atoms with Gasteiger partial charge in [0, 0.05) is 6.04 Å². The highest BCUT2D eigenvalue weighted by atomic mass is 19.1. The topological polar surface area (TPSA) is 98.3 Å². The molecule has 0 aliphatic carbocycles. The number of nitrogen functional groups attached to an aromatic ring is 1. The highest BCUT2D eigenvalue weighted by Gasteiger charge is 2.25. The lowest BCUT2D eigenvalue weighted by molar-refractivity contribution is -0.385. The summed E-state index contributed by atoms with van der Waals surface area (Å²) in [6.45, 7) is 5.86. The summed E-state index contributed by atoms with van der Waals surface area (Å²) in [6, 6.07) is 1.53. The van der Waals surface area contributed by atoms with Crippen molar-refractivity contribution in [3.63, 3.8) is 0 Å². The van der Waals surface area contributed by atoms with E-state index in [1.54, 1.807) is 0 Å². The molecule has 0 aliphatic rings. The third kappa shape index (κ3) is 3.90. The summed E-state index contributed by atoms with van der Waals surface area (Å²) in [6.07, 6.45) is 1.76. The van der Waals surface area contributed by atoms with Crippen LogP contribution in [0.25, 0.3) is 0 Å².